The van der Waals surface area contributed by atoms with Gasteiger partial charge in [0.15, 0.2) is 0 Å². The first-order chi connectivity index (χ1) is 6.05. The van der Waals surface area contributed by atoms with Gasteiger partial charge in [0.05, 0.1) is 16.7 Å². The summed E-state index contributed by atoms with van der Waals surface area (Å²) in [4.78, 5) is 0. The molecule has 0 fully saturated rings. The molecule has 0 radical (unpaired) electrons. The second kappa shape index (κ2) is 3.74. The van der Waals surface area contributed by atoms with Crippen molar-refractivity contribution in [2.45, 2.75) is 6.18 Å². The lowest BCUT2D eigenvalue weighted by atomic mass is 10.2. The van der Waals surface area contributed by atoms with Crippen LogP contribution in [0.2, 0.25) is 0 Å². The molecular weight excluding hydrogens is 199 g/mol. The van der Waals surface area contributed by atoms with Gasteiger partial charge in [0.25, 0.3) is 0 Å². The summed E-state index contributed by atoms with van der Waals surface area (Å²) >= 11 is 4.41. The molecule has 0 saturated heterocycles. The second-order valence-corrected chi connectivity index (χ2v) is 2.54. The van der Waals surface area contributed by atoms with Gasteiger partial charge in [0, 0.05) is 0 Å². The minimum absolute atomic E-state index is 0.0231. The number of thiocarbonyl (C=S) groups is 1. The molecule has 1 aromatic carbocycles. The number of benzene rings is 1. The summed E-state index contributed by atoms with van der Waals surface area (Å²) in [5.41, 5.74) is 0.311. The zero-order valence-corrected chi connectivity index (χ0v) is 7.25. The number of rotatable bonds is 2. The zero-order chi connectivity index (χ0) is 9.90. The first-order valence-electron chi connectivity index (χ1n) is 3.42. The molecule has 0 aromatic heterocycles. The minimum Gasteiger partial charge on any atom is -0.352 e. The molecule has 5 heteroatoms. The number of nitrogens with one attached hydrogen (secondary N) is 1. The van der Waals surface area contributed by atoms with Crippen LogP contribution in [0.4, 0.5) is 18.9 Å². The third-order valence-corrected chi connectivity index (χ3v) is 1.56. The van der Waals surface area contributed by atoms with Crippen LogP contribution in [0.1, 0.15) is 5.56 Å². The molecule has 0 bridgehead atoms. The van der Waals surface area contributed by atoms with Crippen LogP contribution in [0.15, 0.2) is 24.3 Å². The smallest absolute Gasteiger partial charge is 0.352 e. The monoisotopic (exact) mass is 205 g/mol. The summed E-state index contributed by atoms with van der Waals surface area (Å²) in [6.07, 6.45) is -4.35. The fourth-order valence-electron chi connectivity index (χ4n) is 0.920. The van der Waals surface area contributed by atoms with Gasteiger partial charge < -0.3 is 5.32 Å². The van der Waals surface area contributed by atoms with Crippen LogP contribution in [-0.2, 0) is 6.18 Å². The number of halogens is 3. The van der Waals surface area contributed by atoms with Crippen molar-refractivity contribution < 1.29 is 13.2 Å². The second-order valence-electron chi connectivity index (χ2n) is 2.31. The predicted octanol–water partition coefficient (Wildman–Crippen LogP) is 3.07. The fraction of sp³-hybridized carbons (Fsp3) is 0.125. The number of para-hydroxylation sites is 1. The maximum Gasteiger partial charge on any atom is 0.418 e. The predicted molar refractivity (Wildman–Crippen MR) is 48.7 cm³/mol. The first kappa shape index (κ1) is 9.98. The van der Waals surface area contributed by atoms with E-state index in [0.717, 1.165) is 11.6 Å². The molecule has 1 rings (SSSR count). The van der Waals surface area contributed by atoms with E-state index in [0.29, 0.717) is 0 Å². The summed E-state index contributed by atoms with van der Waals surface area (Å²) in [6.45, 7) is 0. The molecule has 1 nitrogen and oxygen atoms in total. The zero-order valence-electron chi connectivity index (χ0n) is 6.43. The Balaban J connectivity index is 3.11. The fourth-order valence-corrected chi connectivity index (χ4v) is 1.05. The topological polar surface area (TPSA) is 12.0 Å². The van der Waals surface area contributed by atoms with Gasteiger partial charge in [0.2, 0.25) is 0 Å². The molecule has 0 amide bonds. The molecule has 1 aromatic rings. The summed E-state index contributed by atoms with van der Waals surface area (Å²) in [5, 5.41) is 2.35. The first-order valence-corrected chi connectivity index (χ1v) is 3.89. The summed E-state index contributed by atoms with van der Waals surface area (Å²) in [5.74, 6) is 0. The van der Waals surface area contributed by atoms with Gasteiger partial charge in [-0.3, -0.25) is 0 Å². The third-order valence-electron chi connectivity index (χ3n) is 1.45. The Labute approximate surface area is 78.6 Å². The van der Waals surface area contributed by atoms with Crippen molar-refractivity contribution in [1.82, 2.24) is 0 Å². The Morgan fingerprint density at radius 3 is 2.38 bits per heavy atom. The number of anilines is 1. The molecular formula is C8H6F3NS. The van der Waals surface area contributed by atoms with Crippen LogP contribution in [-0.4, -0.2) is 5.49 Å². The molecule has 0 aliphatic rings. The van der Waals surface area contributed by atoms with E-state index >= 15 is 0 Å². The van der Waals surface area contributed by atoms with Gasteiger partial charge in [-0.1, -0.05) is 24.4 Å². The minimum atomic E-state index is -4.35. The summed E-state index contributed by atoms with van der Waals surface area (Å²) in [6, 6.07) is 5.17. The molecule has 0 heterocycles. The van der Waals surface area contributed by atoms with E-state index < -0.39 is 11.7 Å². The van der Waals surface area contributed by atoms with E-state index in [9.17, 15) is 13.2 Å². The van der Waals surface area contributed by atoms with E-state index in [1.165, 1.54) is 18.2 Å². The molecule has 0 unspecified atom stereocenters. The quantitative estimate of drug-likeness (QED) is 0.744. The SMILES string of the molecule is FC(F)(F)c1ccccc1NC=S. The van der Waals surface area contributed by atoms with Crippen molar-refractivity contribution in [3.8, 4) is 0 Å². The number of hydrogen-bond donors (Lipinski definition) is 1. The van der Waals surface area contributed by atoms with E-state index in [1.807, 2.05) is 0 Å². The van der Waals surface area contributed by atoms with Gasteiger partial charge >= 0.3 is 6.18 Å². The van der Waals surface area contributed by atoms with Crippen LogP contribution >= 0.6 is 12.2 Å². The lowest BCUT2D eigenvalue weighted by molar-refractivity contribution is -0.136. The van der Waals surface area contributed by atoms with E-state index in [1.54, 1.807) is 0 Å². The maximum absolute atomic E-state index is 12.3. The highest BCUT2D eigenvalue weighted by molar-refractivity contribution is 7.79. The van der Waals surface area contributed by atoms with E-state index in [2.05, 4.69) is 17.5 Å². The van der Waals surface area contributed by atoms with Gasteiger partial charge in [-0.2, -0.15) is 13.2 Å². The van der Waals surface area contributed by atoms with Crippen molar-refractivity contribution in [1.29, 1.82) is 0 Å². The van der Waals surface area contributed by atoms with Crippen molar-refractivity contribution >= 4 is 23.4 Å². The summed E-state index contributed by atoms with van der Waals surface area (Å²) in [7, 11) is 0. The summed E-state index contributed by atoms with van der Waals surface area (Å²) < 4.78 is 36.9. The molecule has 1 N–H and O–H groups in total. The Bertz CT molecular complexity index is 309. The van der Waals surface area contributed by atoms with Crippen molar-refractivity contribution in [2.75, 3.05) is 5.32 Å². The Kier molecular flexibility index (Phi) is 2.87. The number of alkyl halides is 3. The number of hydrogen-bond acceptors (Lipinski definition) is 1. The van der Waals surface area contributed by atoms with Crippen LogP contribution < -0.4 is 5.32 Å². The highest BCUT2D eigenvalue weighted by Crippen LogP contribution is 2.34. The largest absolute Gasteiger partial charge is 0.418 e. The lowest BCUT2D eigenvalue weighted by Crippen LogP contribution is -2.09. The highest BCUT2D eigenvalue weighted by Gasteiger charge is 2.32. The lowest BCUT2D eigenvalue weighted by Gasteiger charge is -2.11. The van der Waals surface area contributed by atoms with Gasteiger partial charge in [0.1, 0.15) is 0 Å². The Morgan fingerprint density at radius 1 is 1.23 bits per heavy atom. The van der Waals surface area contributed by atoms with Crippen molar-refractivity contribution in [3.05, 3.63) is 29.8 Å². The molecule has 0 atom stereocenters. The van der Waals surface area contributed by atoms with Crippen LogP contribution in [0.3, 0.4) is 0 Å². The molecule has 13 heavy (non-hydrogen) atoms. The molecule has 0 saturated carbocycles. The van der Waals surface area contributed by atoms with Gasteiger partial charge in [-0.25, -0.2) is 0 Å². The maximum atomic E-state index is 12.3. The molecule has 0 aliphatic heterocycles. The van der Waals surface area contributed by atoms with Crippen LogP contribution in [0.5, 0.6) is 0 Å². The normalized spacial score (nSPS) is 11.0. The molecule has 70 valence electrons. The molecule has 0 aliphatic carbocycles. The van der Waals surface area contributed by atoms with E-state index in [4.69, 9.17) is 0 Å². The van der Waals surface area contributed by atoms with Gasteiger partial charge in [-0.05, 0) is 12.1 Å². The molecule has 0 spiro atoms. The third kappa shape index (κ3) is 2.42. The average molecular weight is 205 g/mol. The van der Waals surface area contributed by atoms with Gasteiger partial charge in [-0.15, -0.1) is 0 Å². The highest BCUT2D eigenvalue weighted by atomic mass is 32.1. The van der Waals surface area contributed by atoms with E-state index in [-0.39, 0.29) is 5.69 Å². The average Bonchev–Trinajstić information content (AvgIpc) is 2.04. The van der Waals surface area contributed by atoms with Crippen LogP contribution in [0.25, 0.3) is 0 Å². The standard InChI is InChI=1S/C8H6F3NS/c9-8(10,11)6-3-1-2-4-7(6)12-5-13/h1-5H,(H,12,13). The Hall–Kier alpha value is -1.10. The van der Waals surface area contributed by atoms with Crippen molar-refractivity contribution in [2.24, 2.45) is 0 Å². The van der Waals surface area contributed by atoms with Crippen molar-refractivity contribution in [3.63, 3.8) is 0 Å². The van der Waals surface area contributed by atoms with Crippen LogP contribution in [0, 0.1) is 0 Å². The Morgan fingerprint density at radius 2 is 1.85 bits per heavy atom.